The Balaban J connectivity index is 1.78. The third-order valence-corrected chi connectivity index (χ3v) is 16.4. The summed E-state index contributed by atoms with van der Waals surface area (Å²) in [6.45, 7) is 4.57. The summed E-state index contributed by atoms with van der Waals surface area (Å²) in [5.74, 6) is -9.07. The summed E-state index contributed by atoms with van der Waals surface area (Å²) < 4.78 is 0. The first kappa shape index (κ1) is 81.8. The Morgan fingerprint density at radius 3 is 1.14 bits per heavy atom. The van der Waals surface area contributed by atoms with Crippen molar-refractivity contribution in [2.75, 3.05) is 161 Å². The lowest BCUT2D eigenvalue weighted by Crippen LogP contribution is -2.57. The van der Waals surface area contributed by atoms with Gasteiger partial charge in [0, 0.05) is 115 Å². The van der Waals surface area contributed by atoms with Gasteiger partial charge in [0.2, 0.25) is 88.6 Å². The van der Waals surface area contributed by atoms with Crippen LogP contribution in [-0.2, 0) is 81.5 Å². The zero-order chi connectivity index (χ0) is 71.6. The second kappa shape index (κ2) is 39.4. The zero-order valence-electron chi connectivity index (χ0n) is 57.5. The standard InChI is InChI=1S/C61H101N15O17S/c1-39(2)27-42(60(92)76-26-18-20-44(76)61(93)75-25-17-19-43(75)46(78)38-94)64-59(91)41(5)63-48(80)28-65(6)50(82)30-67(8)52(84)32-69(10)54(86)34-71(12)56(88)36-73(14)58(90)37-74(15)57(89)35-72(13)55(87)33-70(11)53(85)31-68(9)51(83)29-66(7)49(81)23-24-62-47(79)22-16-21-45(77)40(3)4/h39-44,94H,16-38H2,1-15H3,(H,62,79)(H,63,80)(H,64,91)/t41-,42?,43-,44-/m0/s1. The van der Waals surface area contributed by atoms with E-state index in [1.807, 2.05) is 13.8 Å². The highest BCUT2D eigenvalue weighted by Gasteiger charge is 2.44. The topological polar surface area (TPSA) is 365 Å². The van der Waals surface area contributed by atoms with E-state index in [4.69, 9.17) is 0 Å². The number of hydrogen-bond acceptors (Lipinski definition) is 18. The van der Waals surface area contributed by atoms with Gasteiger partial charge in [-0.15, -0.1) is 0 Å². The van der Waals surface area contributed by atoms with Gasteiger partial charge in [-0.3, -0.25) is 81.5 Å². The monoisotopic (exact) mass is 1350 g/mol. The van der Waals surface area contributed by atoms with Crippen LogP contribution >= 0.6 is 12.6 Å². The van der Waals surface area contributed by atoms with Crippen LogP contribution < -0.4 is 16.0 Å². The number of carbonyl (C=O) groups excluding carboxylic acids is 17. The Labute approximate surface area is 556 Å². The number of thiol groups is 1. The molecule has 2 aliphatic heterocycles. The van der Waals surface area contributed by atoms with Gasteiger partial charge in [0.15, 0.2) is 5.78 Å². The zero-order valence-corrected chi connectivity index (χ0v) is 58.4. The fourth-order valence-corrected chi connectivity index (χ4v) is 10.0. The highest BCUT2D eigenvalue weighted by molar-refractivity contribution is 7.81. The van der Waals surface area contributed by atoms with Gasteiger partial charge in [-0.05, 0) is 51.4 Å². The average Bonchev–Trinajstić information content (AvgIpc) is 1.65. The van der Waals surface area contributed by atoms with Crippen molar-refractivity contribution in [1.82, 2.24) is 74.7 Å². The Bertz CT molecular complexity index is 2790. The van der Waals surface area contributed by atoms with E-state index in [0.717, 1.165) is 49.0 Å². The highest BCUT2D eigenvalue weighted by atomic mass is 32.1. The number of likely N-dealkylation sites (tertiary alicyclic amines) is 2. The summed E-state index contributed by atoms with van der Waals surface area (Å²) in [4.78, 5) is 234. The maximum Gasteiger partial charge on any atom is 0.245 e. The summed E-state index contributed by atoms with van der Waals surface area (Å²) in [7, 11) is 13.2. The van der Waals surface area contributed by atoms with Crippen molar-refractivity contribution in [2.45, 2.75) is 117 Å². The normalized spacial score (nSPS) is 14.8. The second-order valence-corrected chi connectivity index (χ2v) is 25.4. The van der Waals surface area contributed by atoms with Crippen LogP contribution in [0.5, 0.6) is 0 Å². The molecular weight excluding hydrogens is 1250 g/mol. The molecule has 0 aromatic heterocycles. The summed E-state index contributed by atoms with van der Waals surface area (Å²) in [5.41, 5.74) is 0. The second-order valence-electron chi connectivity index (χ2n) is 25.1. The first-order valence-corrected chi connectivity index (χ1v) is 32.0. The van der Waals surface area contributed by atoms with Crippen LogP contribution in [0.2, 0.25) is 0 Å². The smallest absolute Gasteiger partial charge is 0.245 e. The summed E-state index contributed by atoms with van der Waals surface area (Å²) in [5, 5.41) is 7.87. The van der Waals surface area contributed by atoms with Crippen LogP contribution in [0.3, 0.4) is 0 Å². The van der Waals surface area contributed by atoms with Crippen LogP contribution in [0.25, 0.3) is 0 Å². The van der Waals surface area contributed by atoms with Crippen LogP contribution in [0.4, 0.5) is 0 Å². The molecule has 4 atom stereocenters. The van der Waals surface area contributed by atoms with Gasteiger partial charge in [-0.25, -0.2) is 0 Å². The van der Waals surface area contributed by atoms with Crippen molar-refractivity contribution in [2.24, 2.45) is 11.8 Å². The van der Waals surface area contributed by atoms with E-state index < -0.39 is 160 Å². The van der Waals surface area contributed by atoms with E-state index in [-0.39, 0.29) is 86.3 Å². The number of nitrogens with one attached hydrogen (secondary N) is 3. The summed E-state index contributed by atoms with van der Waals surface area (Å²) in [6.07, 6.45) is 3.10. The van der Waals surface area contributed by atoms with Gasteiger partial charge in [0.1, 0.15) is 23.9 Å². The van der Waals surface area contributed by atoms with Crippen molar-refractivity contribution in [3.63, 3.8) is 0 Å². The molecule has 2 aliphatic rings. The molecule has 32 nitrogen and oxygen atoms in total. The fraction of sp³-hybridized carbons (Fsp3) is 0.721. The Kier molecular flexibility index (Phi) is 34.3. The van der Waals surface area contributed by atoms with Crippen molar-refractivity contribution in [1.29, 1.82) is 0 Å². The molecule has 0 aromatic carbocycles. The molecule has 1 unspecified atom stereocenters. The lowest BCUT2D eigenvalue weighted by atomic mass is 10.0. The molecule has 0 aliphatic carbocycles. The number of amides is 15. The number of Topliss-reactive ketones (excluding diaryl/α,β-unsaturated/α-hetero) is 2. The first-order chi connectivity index (χ1) is 43.8. The summed E-state index contributed by atoms with van der Waals surface area (Å²) in [6, 6.07) is -3.57. The number of carbonyl (C=O) groups is 17. The predicted octanol–water partition coefficient (Wildman–Crippen LogP) is -4.01. The Morgan fingerprint density at radius 2 is 0.777 bits per heavy atom. The largest absolute Gasteiger partial charge is 0.356 e. The maximum absolute atomic E-state index is 14.0. The summed E-state index contributed by atoms with van der Waals surface area (Å²) >= 11 is 4.10. The molecule has 528 valence electrons. The molecule has 2 fully saturated rings. The lowest BCUT2D eigenvalue weighted by Gasteiger charge is -2.33. The van der Waals surface area contributed by atoms with E-state index in [9.17, 15) is 81.5 Å². The number of ketones is 2. The van der Waals surface area contributed by atoms with Gasteiger partial charge in [-0.2, -0.15) is 12.6 Å². The SMILES string of the molecule is CC(C)CC(NC(=O)[C@H](C)NC(=O)CN(C)C(=O)CN(C)C(=O)CN(C)C(=O)CN(C)C(=O)CN(C)C(=O)CN(C)C(=O)CN(C)C(=O)CN(C)C(=O)CN(C)C(=O)CN(C)C(=O)CCNC(=O)CCCC(=O)C(C)C)C(=O)N1CCC[C@H]1C(=O)N1CCC[C@H]1C(=O)CS. The molecule has 3 N–H and O–H groups in total. The molecule has 15 amide bonds. The van der Waals surface area contributed by atoms with Crippen molar-refractivity contribution >= 4 is 113 Å². The third-order valence-electron chi connectivity index (χ3n) is 16.1. The quantitative estimate of drug-likeness (QED) is 0.0431. The van der Waals surface area contributed by atoms with Gasteiger partial charge >= 0.3 is 0 Å². The number of likely N-dealkylation sites (N-methyl/N-ethyl adjacent to an activating group) is 10. The Hall–Kier alpha value is -8.26. The molecule has 0 aromatic rings. The minimum absolute atomic E-state index is 0.0113. The molecule has 0 saturated carbocycles. The van der Waals surface area contributed by atoms with E-state index >= 15 is 0 Å². The van der Waals surface area contributed by atoms with Gasteiger partial charge in [0.25, 0.3) is 0 Å². The fourth-order valence-electron chi connectivity index (χ4n) is 9.80. The predicted molar refractivity (Wildman–Crippen MR) is 345 cm³/mol. The van der Waals surface area contributed by atoms with Crippen molar-refractivity contribution in [3.8, 4) is 0 Å². The van der Waals surface area contributed by atoms with Gasteiger partial charge < -0.3 is 74.7 Å². The van der Waals surface area contributed by atoms with E-state index in [2.05, 4.69) is 28.6 Å². The molecule has 0 radical (unpaired) electrons. The van der Waals surface area contributed by atoms with E-state index in [1.165, 1.54) is 87.2 Å². The maximum atomic E-state index is 14.0. The highest BCUT2D eigenvalue weighted by Crippen LogP contribution is 2.27. The minimum atomic E-state index is -1.16. The van der Waals surface area contributed by atoms with Crippen LogP contribution in [0.1, 0.15) is 92.4 Å². The molecule has 2 heterocycles. The molecule has 2 rings (SSSR count). The third kappa shape index (κ3) is 27.0. The number of hydrogen-bond donors (Lipinski definition) is 4. The van der Waals surface area contributed by atoms with Crippen LogP contribution in [-0.4, -0.2) is 344 Å². The Morgan fingerprint density at radius 1 is 0.426 bits per heavy atom. The lowest BCUT2D eigenvalue weighted by molar-refractivity contribution is -0.147. The molecule has 0 spiro atoms. The molecule has 94 heavy (non-hydrogen) atoms. The van der Waals surface area contributed by atoms with Crippen molar-refractivity contribution < 1.29 is 81.5 Å². The van der Waals surface area contributed by atoms with E-state index in [1.54, 1.807) is 13.8 Å². The van der Waals surface area contributed by atoms with E-state index in [0.29, 0.717) is 38.6 Å². The molecular formula is C61H101N15O17S. The molecule has 2 saturated heterocycles. The minimum Gasteiger partial charge on any atom is -0.356 e. The molecule has 0 bridgehead atoms. The van der Waals surface area contributed by atoms with Crippen LogP contribution in [0, 0.1) is 11.8 Å². The average molecular weight is 1350 g/mol. The van der Waals surface area contributed by atoms with Gasteiger partial charge in [0.05, 0.1) is 77.2 Å². The number of nitrogens with zero attached hydrogens (tertiary/aromatic N) is 12. The van der Waals surface area contributed by atoms with Crippen LogP contribution in [0.15, 0.2) is 0 Å². The molecule has 33 heteroatoms. The first-order valence-electron chi connectivity index (χ1n) is 31.3. The number of rotatable bonds is 37. The van der Waals surface area contributed by atoms with Gasteiger partial charge in [-0.1, -0.05) is 27.7 Å². The van der Waals surface area contributed by atoms with Crippen molar-refractivity contribution in [3.05, 3.63) is 0 Å².